The molecule has 0 saturated heterocycles. The van der Waals surface area contributed by atoms with Crippen LogP contribution < -0.4 is 4.74 Å². The number of esters is 1. The van der Waals surface area contributed by atoms with Gasteiger partial charge in [0.2, 0.25) is 0 Å². The highest BCUT2D eigenvalue weighted by Gasteiger charge is 2.20. The van der Waals surface area contributed by atoms with Gasteiger partial charge in [-0.2, -0.15) is 0 Å². The highest BCUT2D eigenvalue weighted by Crippen LogP contribution is 2.41. The molecule has 0 aromatic heterocycles. The highest BCUT2D eigenvalue weighted by atomic mass is 19.1. The lowest BCUT2D eigenvalue weighted by atomic mass is 9.87. The van der Waals surface area contributed by atoms with Gasteiger partial charge in [0.15, 0.2) is 0 Å². The molecule has 2 rings (SSSR count). The normalized spacial score (nSPS) is 13.4. The van der Waals surface area contributed by atoms with E-state index in [1.165, 1.54) is 12.1 Å². The zero-order chi connectivity index (χ0) is 23.8. The monoisotopic (exact) mass is 444 g/mol. The molecule has 6 heteroatoms. The van der Waals surface area contributed by atoms with Gasteiger partial charge in [-0.1, -0.05) is 44.2 Å². The summed E-state index contributed by atoms with van der Waals surface area (Å²) >= 11 is 0. The Kier molecular flexibility index (Phi) is 9.42. The highest BCUT2D eigenvalue weighted by molar-refractivity contribution is 5.84. The van der Waals surface area contributed by atoms with Gasteiger partial charge >= 0.3 is 5.97 Å². The average molecular weight is 445 g/mol. The Morgan fingerprint density at radius 3 is 2.41 bits per heavy atom. The van der Waals surface area contributed by atoms with Crippen molar-refractivity contribution in [1.82, 2.24) is 0 Å². The van der Waals surface area contributed by atoms with Crippen molar-refractivity contribution in [3.63, 3.8) is 0 Å². The maximum atomic E-state index is 13.6. The lowest BCUT2D eigenvalue weighted by Gasteiger charge is -2.21. The van der Waals surface area contributed by atoms with Crippen LogP contribution in [0, 0.1) is 12.7 Å². The minimum absolute atomic E-state index is 0.00119. The number of aryl methyl sites for hydroxylation is 1. The molecule has 0 radical (unpaired) electrons. The van der Waals surface area contributed by atoms with Gasteiger partial charge in [-0.25, -0.2) is 4.39 Å². The molecule has 0 heterocycles. The Bertz CT molecular complexity index is 934. The van der Waals surface area contributed by atoms with Crippen molar-refractivity contribution in [2.24, 2.45) is 0 Å². The first-order chi connectivity index (χ1) is 15.2. The SMILES string of the molecule is CCOC(=O)CC(O)CC(O)/C=C/c1c(C(C)C)cc(C)c(OC)c1-c1ccc(F)cc1. The van der Waals surface area contributed by atoms with E-state index >= 15 is 0 Å². The van der Waals surface area contributed by atoms with Gasteiger partial charge < -0.3 is 19.7 Å². The summed E-state index contributed by atoms with van der Waals surface area (Å²) in [6.45, 7) is 8.06. The molecule has 2 atom stereocenters. The van der Waals surface area contributed by atoms with Crippen molar-refractivity contribution < 1.29 is 28.9 Å². The maximum Gasteiger partial charge on any atom is 0.308 e. The van der Waals surface area contributed by atoms with E-state index in [0.29, 0.717) is 5.75 Å². The Hall–Kier alpha value is -2.70. The van der Waals surface area contributed by atoms with Crippen LogP contribution in [-0.2, 0) is 9.53 Å². The predicted molar refractivity (Wildman–Crippen MR) is 124 cm³/mol. The summed E-state index contributed by atoms with van der Waals surface area (Å²) < 4.78 is 24.1. The number of hydrogen-bond donors (Lipinski definition) is 2. The fourth-order valence-electron chi connectivity index (χ4n) is 3.72. The number of carbonyl (C=O) groups excluding carboxylic acids is 1. The minimum atomic E-state index is -1.01. The first-order valence-corrected chi connectivity index (χ1v) is 10.8. The predicted octanol–water partition coefficient (Wildman–Crippen LogP) is 5.01. The van der Waals surface area contributed by atoms with E-state index in [-0.39, 0.29) is 31.2 Å². The zero-order valence-corrected chi connectivity index (χ0v) is 19.4. The first-order valence-electron chi connectivity index (χ1n) is 10.8. The van der Waals surface area contributed by atoms with Gasteiger partial charge in [-0.3, -0.25) is 4.79 Å². The Morgan fingerprint density at radius 2 is 1.84 bits per heavy atom. The van der Waals surface area contributed by atoms with Gasteiger partial charge in [0.1, 0.15) is 11.6 Å². The fraction of sp³-hybridized carbons (Fsp3) is 0.423. The minimum Gasteiger partial charge on any atom is -0.496 e. The number of aliphatic hydroxyl groups excluding tert-OH is 2. The van der Waals surface area contributed by atoms with Crippen LogP contribution in [0.5, 0.6) is 5.75 Å². The van der Waals surface area contributed by atoms with E-state index in [2.05, 4.69) is 19.9 Å². The number of ether oxygens (including phenoxy) is 2. The topological polar surface area (TPSA) is 76.0 Å². The molecule has 0 aliphatic heterocycles. The Labute approximate surface area is 189 Å². The number of rotatable bonds is 10. The van der Waals surface area contributed by atoms with Crippen molar-refractivity contribution in [3.05, 3.63) is 58.9 Å². The summed E-state index contributed by atoms with van der Waals surface area (Å²) in [5.74, 6) is 0.0372. The third-order valence-corrected chi connectivity index (χ3v) is 5.20. The number of methoxy groups -OCH3 is 1. The number of hydrogen-bond acceptors (Lipinski definition) is 5. The molecule has 5 nitrogen and oxygen atoms in total. The van der Waals surface area contributed by atoms with Gasteiger partial charge in [0.25, 0.3) is 0 Å². The molecule has 0 aliphatic carbocycles. The maximum absolute atomic E-state index is 13.6. The summed E-state index contributed by atoms with van der Waals surface area (Å²) in [5, 5.41) is 20.5. The molecule has 174 valence electrons. The van der Waals surface area contributed by atoms with E-state index in [1.54, 1.807) is 38.3 Å². The van der Waals surface area contributed by atoms with Gasteiger partial charge in [0.05, 0.1) is 32.3 Å². The van der Waals surface area contributed by atoms with Crippen molar-refractivity contribution in [2.45, 2.75) is 58.7 Å². The molecule has 0 saturated carbocycles. The largest absolute Gasteiger partial charge is 0.496 e. The Morgan fingerprint density at radius 1 is 1.19 bits per heavy atom. The van der Waals surface area contributed by atoms with Crippen LogP contribution in [0.2, 0.25) is 0 Å². The van der Waals surface area contributed by atoms with E-state index < -0.39 is 18.2 Å². The number of carbonyl (C=O) groups is 1. The van der Waals surface area contributed by atoms with E-state index in [1.807, 2.05) is 6.92 Å². The van der Waals surface area contributed by atoms with Crippen LogP contribution >= 0.6 is 0 Å². The molecule has 2 aromatic carbocycles. The second kappa shape index (κ2) is 11.8. The molecule has 0 spiro atoms. The third-order valence-electron chi connectivity index (χ3n) is 5.20. The number of halogens is 1. The number of aliphatic hydroxyl groups is 2. The third kappa shape index (κ3) is 6.65. The molecule has 0 aliphatic rings. The molecule has 2 aromatic rings. The van der Waals surface area contributed by atoms with E-state index in [4.69, 9.17) is 9.47 Å². The first kappa shape index (κ1) is 25.6. The van der Waals surface area contributed by atoms with Crippen LogP contribution in [0.4, 0.5) is 4.39 Å². The molecular weight excluding hydrogens is 411 g/mol. The van der Waals surface area contributed by atoms with Crippen LogP contribution in [-0.4, -0.2) is 42.1 Å². The molecule has 0 bridgehead atoms. The van der Waals surface area contributed by atoms with Crippen LogP contribution in [0.1, 0.15) is 56.2 Å². The van der Waals surface area contributed by atoms with Crippen LogP contribution in [0.3, 0.4) is 0 Å². The quantitative estimate of drug-likeness (QED) is 0.504. The van der Waals surface area contributed by atoms with E-state index in [0.717, 1.165) is 27.8 Å². The van der Waals surface area contributed by atoms with Gasteiger partial charge in [-0.15, -0.1) is 0 Å². The average Bonchev–Trinajstić information content (AvgIpc) is 2.72. The van der Waals surface area contributed by atoms with E-state index in [9.17, 15) is 19.4 Å². The lowest BCUT2D eigenvalue weighted by Crippen LogP contribution is -2.20. The molecule has 2 N–H and O–H groups in total. The summed E-state index contributed by atoms with van der Waals surface area (Å²) in [4.78, 5) is 11.5. The summed E-state index contributed by atoms with van der Waals surface area (Å²) in [6, 6.07) is 8.26. The van der Waals surface area contributed by atoms with Gasteiger partial charge in [0, 0.05) is 12.0 Å². The van der Waals surface area contributed by atoms with Crippen LogP contribution in [0.15, 0.2) is 36.4 Å². The number of benzene rings is 2. The standard InChI is InChI=1S/C26H33FO5/c1-6-32-24(30)15-21(29)14-20(28)11-12-22-23(16(2)3)13-17(4)26(31-5)25(22)18-7-9-19(27)10-8-18/h7-13,16,20-21,28-29H,6,14-15H2,1-5H3/b12-11+. The second-order valence-corrected chi connectivity index (χ2v) is 8.09. The zero-order valence-electron chi connectivity index (χ0n) is 19.4. The molecular formula is C26H33FO5. The smallest absolute Gasteiger partial charge is 0.308 e. The summed E-state index contributed by atoms with van der Waals surface area (Å²) in [7, 11) is 1.60. The summed E-state index contributed by atoms with van der Waals surface area (Å²) in [5.41, 5.74) is 4.47. The molecule has 0 amide bonds. The van der Waals surface area contributed by atoms with Crippen molar-refractivity contribution in [3.8, 4) is 16.9 Å². The fourth-order valence-corrected chi connectivity index (χ4v) is 3.72. The molecule has 0 fully saturated rings. The second-order valence-electron chi connectivity index (χ2n) is 8.09. The van der Waals surface area contributed by atoms with Crippen molar-refractivity contribution >= 4 is 12.0 Å². The Balaban J connectivity index is 2.44. The molecule has 2 unspecified atom stereocenters. The van der Waals surface area contributed by atoms with Crippen molar-refractivity contribution in [1.29, 1.82) is 0 Å². The van der Waals surface area contributed by atoms with Gasteiger partial charge in [-0.05, 0) is 54.2 Å². The lowest BCUT2D eigenvalue weighted by molar-refractivity contribution is -0.145. The van der Waals surface area contributed by atoms with Crippen molar-refractivity contribution in [2.75, 3.05) is 13.7 Å². The molecule has 32 heavy (non-hydrogen) atoms. The summed E-state index contributed by atoms with van der Waals surface area (Å²) in [6.07, 6.45) is 1.25. The van der Waals surface area contributed by atoms with Crippen LogP contribution in [0.25, 0.3) is 17.2 Å².